The number of rotatable bonds is 7. The van der Waals surface area contributed by atoms with Crippen molar-refractivity contribution in [3.8, 4) is 0 Å². The molecule has 0 aromatic heterocycles. The molecule has 0 radical (unpaired) electrons. The van der Waals surface area contributed by atoms with Gasteiger partial charge in [-0.1, -0.05) is 24.4 Å². The highest BCUT2D eigenvalue weighted by molar-refractivity contribution is 7.80. The molecule has 104 valence electrons. The molecule has 0 spiro atoms. The molecular formula is C14H20N2O2S. The SMILES string of the molecule is CCOCCCC(=O)Nc1cc(C(N)=S)ccc1C. The molecular weight excluding hydrogens is 260 g/mol. The zero-order valence-corrected chi connectivity index (χ0v) is 12.2. The Morgan fingerprint density at radius 3 is 2.84 bits per heavy atom. The van der Waals surface area contributed by atoms with Crippen molar-refractivity contribution < 1.29 is 9.53 Å². The summed E-state index contributed by atoms with van der Waals surface area (Å²) in [7, 11) is 0. The fraction of sp³-hybridized carbons (Fsp3) is 0.429. The summed E-state index contributed by atoms with van der Waals surface area (Å²) in [5.74, 6) is -0.0251. The van der Waals surface area contributed by atoms with Crippen LogP contribution >= 0.6 is 12.2 Å². The summed E-state index contributed by atoms with van der Waals surface area (Å²) in [4.78, 5) is 12.1. The number of ether oxygens (including phenoxy) is 1. The molecule has 0 fully saturated rings. The lowest BCUT2D eigenvalue weighted by Gasteiger charge is -2.10. The Labute approximate surface area is 119 Å². The van der Waals surface area contributed by atoms with E-state index in [9.17, 15) is 4.79 Å². The second-order valence-corrected chi connectivity index (χ2v) is 4.68. The van der Waals surface area contributed by atoms with Crippen LogP contribution in [0.5, 0.6) is 0 Å². The van der Waals surface area contributed by atoms with Crippen molar-refractivity contribution >= 4 is 28.8 Å². The molecule has 19 heavy (non-hydrogen) atoms. The van der Waals surface area contributed by atoms with Gasteiger partial charge in [-0.2, -0.15) is 0 Å². The molecule has 0 unspecified atom stereocenters. The van der Waals surface area contributed by atoms with Crippen molar-refractivity contribution in [1.29, 1.82) is 0 Å². The van der Waals surface area contributed by atoms with E-state index in [1.165, 1.54) is 0 Å². The van der Waals surface area contributed by atoms with E-state index in [1.54, 1.807) is 6.07 Å². The minimum Gasteiger partial charge on any atom is -0.389 e. The average molecular weight is 280 g/mol. The highest BCUT2D eigenvalue weighted by Crippen LogP contribution is 2.17. The molecule has 1 aromatic rings. The van der Waals surface area contributed by atoms with Crippen LogP contribution in [0.4, 0.5) is 5.69 Å². The number of hydrogen-bond acceptors (Lipinski definition) is 3. The maximum Gasteiger partial charge on any atom is 0.224 e. The van der Waals surface area contributed by atoms with E-state index in [4.69, 9.17) is 22.7 Å². The number of thiocarbonyl (C=S) groups is 1. The number of anilines is 1. The van der Waals surface area contributed by atoms with Gasteiger partial charge < -0.3 is 15.8 Å². The standard InChI is InChI=1S/C14H20N2O2S/c1-3-18-8-4-5-13(17)16-12-9-11(14(15)19)7-6-10(12)2/h6-7,9H,3-5,8H2,1-2H3,(H2,15,19)(H,16,17). The molecule has 0 aliphatic heterocycles. The van der Waals surface area contributed by atoms with E-state index in [2.05, 4.69) is 5.32 Å². The van der Waals surface area contributed by atoms with Crippen LogP contribution in [-0.2, 0) is 9.53 Å². The van der Waals surface area contributed by atoms with Crippen molar-refractivity contribution in [3.63, 3.8) is 0 Å². The fourth-order valence-corrected chi connectivity index (χ4v) is 1.73. The van der Waals surface area contributed by atoms with E-state index in [-0.39, 0.29) is 5.91 Å². The molecule has 1 aromatic carbocycles. The van der Waals surface area contributed by atoms with Crippen LogP contribution in [-0.4, -0.2) is 24.1 Å². The molecule has 0 aliphatic carbocycles. The molecule has 0 atom stereocenters. The second-order valence-electron chi connectivity index (χ2n) is 4.24. The first-order chi connectivity index (χ1) is 9.04. The van der Waals surface area contributed by atoms with Crippen molar-refractivity contribution in [2.45, 2.75) is 26.7 Å². The number of carbonyl (C=O) groups is 1. The third kappa shape index (κ3) is 5.36. The van der Waals surface area contributed by atoms with Gasteiger partial charge >= 0.3 is 0 Å². The van der Waals surface area contributed by atoms with E-state index < -0.39 is 0 Å². The smallest absolute Gasteiger partial charge is 0.224 e. The number of benzene rings is 1. The van der Waals surface area contributed by atoms with Gasteiger partial charge in [0.1, 0.15) is 4.99 Å². The van der Waals surface area contributed by atoms with E-state index in [1.807, 2.05) is 26.0 Å². The highest BCUT2D eigenvalue weighted by atomic mass is 32.1. The predicted octanol–water partition coefficient (Wildman–Crippen LogP) is 2.38. The summed E-state index contributed by atoms with van der Waals surface area (Å²) in [6.45, 7) is 5.15. The van der Waals surface area contributed by atoms with Gasteiger partial charge in [0.05, 0.1) is 0 Å². The van der Waals surface area contributed by atoms with Crippen LogP contribution < -0.4 is 11.1 Å². The van der Waals surface area contributed by atoms with Crippen LogP contribution in [0.15, 0.2) is 18.2 Å². The topological polar surface area (TPSA) is 64.3 Å². The summed E-state index contributed by atoms with van der Waals surface area (Å²) < 4.78 is 5.19. The molecule has 0 heterocycles. The molecule has 0 bridgehead atoms. The van der Waals surface area contributed by atoms with Crippen LogP contribution in [0.1, 0.15) is 30.9 Å². The number of aryl methyl sites for hydroxylation is 1. The largest absolute Gasteiger partial charge is 0.389 e. The predicted molar refractivity (Wildman–Crippen MR) is 81.4 cm³/mol. The Morgan fingerprint density at radius 2 is 2.21 bits per heavy atom. The Kier molecular flexibility index (Phi) is 6.45. The maximum atomic E-state index is 11.8. The summed E-state index contributed by atoms with van der Waals surface area (Å²) in [6.07, 6.45) is 1.16. The van der Waals surface area contributed by atoms with Gasteiger partial charge in [0.15, 0.2) is 0 Å². The molecule has 0 aliphatic rings. The molecule has 1 amide bonds. The summed E-state index contributed by atoms with van der Waals surface area (Å²) in [6, 6.07) is 5.55. The summed E-state index contributed by atoms with van der Waals surface area (Å²) in [5.41, 5.74) is 8.07. The molecule has 5 heteroatoms. The van der Waals surface area contributed by atoms with Gasteiger partial charge in [-0.3, -0.25) is 4.79 Å². The molecule has 3 N–H and O–H groups in total. The van der Waals surface area contributed by atoms with Crippen LogP contribution in [0.25, 0.3) is 0 Å². The first-order valence-corrected chi connectivity index (χ1v) is 6.73. The first-order valence-electron chi connectivity index (χ1n) is 6.32. The molecule has 0 saturated carbocycles. The highest BCUT2D eigenvalue weighted by Gasteiger charge is 2.06. The zero-order chi connectivity index (χ0) is 14.3. The quantitative estimate of drug-likeness (QED) is 0.594. The Hall–Kier alpha value is -1.46. The van der Waals surface area contributed by atoms with Crippen LogP contribution in [0.3, 0.4) is 0 Å². The number of nitrogens with two attached hydrogens (primary N) is 1. The Bertz CT molecular complexity index is 461. The molecule has 0 saturated heterocycles. The van der Waals surface area contributed by atoms with Gasteiger partial charge in [0, 0.05) is 30.9 Å². The van der Waals surface area contributed by atoms with Crippen molar-refractivity contribution in [1.82, 2.24) is 0 Å². The monoisotopic (exact) mass is 280 g/mol. The zero-order valence-electron chi connectivity index (χ0n) is 11.4. The number of carbonyl (C=O) groups excluding carboxylic acids is 1. The third-order valence-electron chi connectivity index (χ3n) is 2.69. The van der Waals surface area contributed by atoms with E-state index in [0.717, 1.165) is 16.8 Å². The average Bonchev–Trinajstić information content (AvgIpc) is 2.37. The van der Waals surface area contributed by atoms with Crippen LogP contribution in [0, 0.1) is 6.92 Å². The van der Waals surface area contributed by atoms with Crippen molar-refractivity contribution in [2.24, 2.45) is 5.73 Å². The number of hydrogen-bond donors (Lipinski definition) is 2. The van der Waals surface area contributed by atoms with Gasteiger partial charge in [0.25, 0.3) is 0 Å². The lowest BCUT2D eigenvalue weighted by molar-refractivity contribution is -0.116. The Morgan fingerprint density at radius 1 is 1.47 bits per heavy atom. The van der Waals surface area contributed by atoms with E-state index >= 15 is 0 Å². The van der Waals surface area contributed by atoms with Gasteiger partial charge in [-0.25, -0.2) is 0 Å². The maximum absolute atomic E-state index is 11.8. The van der Waals surface area contributed by atoms with Gasteiger partial charge in [-0.15, -0.1) is 0 Å². The minimum absolute atomic E-state index is 0.0251. The summed E-state index contributed by atoms with van der Waals surface area (Å²) >= 11 is 4.93. The molecule has 4 nitrogen and oxygen atoms in total. The van der Waals surface area contributed by atoms with Gasteiger partial charge in [0.2, 0.25) is 5.91 Å². The van der Waals surface area contributed by atoms with Gasteiger partial charge in [-0.05, 0) is 31.9 Å². The van der Waals surface area contributed by atoms with E-state index in [0.29, 0.717) is 31.0 Å². The second kappa shape index (κ2) is 7.86. The normalized spacial score (nSPS) is 10.2. The lowest BCUT2D eigenvalue weighted by atomic mass is 10.1. The van der Waals surface area contributed by atoms with Crippen molar-refractivity contribution in [3.05, 3.63) is 29.3 Å². The Balaban J connectivity index is 2.58. The van der Waals surface area contributed by atoms with Crippen molar-refractivity contribution in [2.75, 3.05) is 18.5 Å². The number of amides is 1. The minimum atomic E-state index is -0.0251. The lowest BCUT2D eigenvalue weighted by Crippen LogP contribution is -2.15. The first kappa shape index (κ1) is 15.6. The van der Waals surface area contributed by atoms with Crippen LogP contribution in [0.2, 0.25) is 0 Å². The summed E-state index contributed by atoms with van der Waals surface area (Å²) in [5, 5.41) is 2.87. The number of nitrogens with one attached hydrogen (secondary N) is 1. The fourth-order valence-electron chi connectivity index (χ4n) is 1.60. The molecule has 1 rings (SSSR count). The third-order valence-corrected chi connectivity index (χ3v) is 2.93.